The van der Waals surface area contributed by atoms with Crippen LogP contribution in [0.2, 0.25) is 0 Å². The standard InChI is InChI=1S/C52H30O2/c1-2-12-31(13-3-1)50-38-17-6-8-19-40(38)51(41-20-9-7-18-39(41)50)42-26-25-34(35-14-4-5-15-36(35)42)32-23-27-48-46(28-32)43-24-22-33-29-45-37-16-10-11-21-47(37)53-49(45)30-44(33)52(43)54-48/h1-30H. The zero-order chi connectivity index (χ0) is 35.3. The molecule has 54 heavy (non-hydrogen) atoms. The Morgan fingerprint density at radius 2 is 0.833 bits per heavy atom. The summed E-state index contributed by atoms with van der Waals surface area (Å²) < 4.78 is 12.9. The highest BCUT2D eigenvalue weighted by atomic mass is 16.3. The van der Waals surface area contributed by atoms with Gasteiger partial charge < -0.3 is 8.83 Å². The van der Waals surface area contributed by atoms with Gasteiger partial charge in [-0.2, -0.15) is 0 Å². The maximum Gasteiger partial charge on any atom is 0.143 e. The summed E-state index contributed by atoms with van der Waals surface area (Å²) in [6.07, 6.45) is 0. The molecule has 0 unspecified atom stereocenters. The van der Waals surface area contributed by atoms with Crippen molar-refractivity contribution in [2.75, 3.05) is 0 Å². The van der Waals surface area contributed by atoms with Gasteiger partial charge in [0, 0.05) is 26.9 Å². The van der Waals surface area contributed by atoms with E-state index in [1.54, 1.807) is 0 Å². The van der Waals surface area contributed by atoms with Gasteiger partial charge in [0.1, 0.15) is 22.3 Å². The summed E-state index contributed by atoms with van der Waals surface area (Å²) in [5, 5.41) is 14.2. The predicted octanol–water partition coefficient (Wildman–Crippen LogP) is 15.1. The third kappa shape index (κ3) is 4.17. The highest BCUT2D eigenvalue weighted by molar-refractivity contribution is 6.25. The normalized spacial score (nSPS) is 12.1. The van der Waals surface area contributed by atoms with Gasteiger partial charge in [-0.25, -0.2) is 0 Å². The Kier molecular flexibility index (Phi) is 6.09. The fourth-order valence-electron chi connectivity index (χ4n) is 9.05. The van der Waals surface area contributed by atoms with E-state index in [0.29, 0.717) is 0 Å². The maximum absolute atomic E-state index is 6.63. The lowest BCUT2D eigenvalue weighted by Gasteiger charge is -2.19. The van der Waals surface area contributed by atoms with Crippen LogP contribution in [0.4, 0.5) is 0 Å². The van der Waals surface area contributed by atoms with E-state index in [1.165, 1.54) is 60.1 Å². The fourth-order valence-corrected chi connectivity index (χ4v) is 9.05. The molecule has 0 fully saturated rings. The molecular weight excluding hydrogens is 657 g/mol. The van der Waals surface area contributed by atoms with Crippen molar-refractivity contribution >= 4 is 87.0 Å². The van der Waals surface area contributed by atoms with Gasteiger partial charge >= 0.3 is 0 Å². The number of rotatable bonds is 3. The highest BCUT2D eigenvalue weighted by Crippen LogP contribution is 2.47. The van der Waals surface area contributed by atoms with Crippen LogP contribution in [-0.4, -0.2) is 0 Å². The van der Waals surface area contributed by atoms with Crippen LogP contribution in [0.5, 0.6) is 0 Å². The van der Waals surface area contributed by atoms with Crippen LogP contribution in [0.1, 0.15) is 0 Å². The summed E-state index contributed by atoms with van der Waals surface area (Å²) >= 11 is 0. The molecule has 0 saturated carbocycles. The van der Waals surface area contributed by atoms with E-state index in [-0.39, 0.29) is 0 Å². The number of para-hydroxylation sites is 1. The minimum Gasteiger partial charge on any atom is -0.456 e. The average molecular weight is 687 g/mol. The van der Waals surface area contributed by atoms with Crippen LogP contribution in [0.3, 0.4) is 0 Å². The summed E-state index contributed by atoms with van der Waals surface area (Å²) in [7, 11) is 0. The molecule has 12 aromatic rings. The van der Waals surface area contributed by atoms with E-state index in [9.17, 15) is 0 Å². The summed E-state index contributed by atoms with van der Waals surface area (Å²) in [6.45, 7) is 0. The molecule has 2 heteroatoms. The van der Waals surface area contributed by atoms with E-state index < -0.39 is 0 Å². The van der Waals surface area contributed by atoms with Gasteiger partial charge in [0.2, 0.25) is 0 Å². The minimum absolute atomic E-state index is 0.874. The fraction of sp³-hybridized carbons (Fsp3) is 0. The summed E-state index contributed by atoms with van der Waals surface area (Å²) in [5.74, 6) is 0. The van der Waals surface area contributed by atoms with E-state index >= 15 is 0 Å². The molecule has 0 radical (unpaired) electrons. The molecule has 2 nitrogen and oxygen atoms in total. The summed E-state index contributed by atoms with van der Waals surface area (Å²) in [4.78, 5) is 0. The Morgan fingerprint density at radius 1 is 0.259 bits per heavy atom. The number of hydrogen-bond acceptors (Lipinski definition) is 2. The molecule has 0 aliphatic heterocycles. The second-order valence-corrected chi connectivity index (χ2v) is 14.3. The molecule has 2 heterocycles. The van der Waals surface area contributed by atoms with Crippen LogP contribution in [0.25, 0.3) is 120 Å². The second kappa shape index (κ2) is 11.2. The Hall–Kier alpha value is -7.16. The smallest absolute Gasteiger partial charge is 0.143 e. The zero-order valence-corrected chi connectivity index (χ0v) is 29.1. The quantitative estimate of drug-likeness (QED) is 0.173. The molecular formula is C52H30O2. The largest absolute Gasteiger partial charge is 0.456 e. The average Bonchev–Trinajstić information content (AvgIpc) is 3.80. The first-order chi connectivity index (χ1) is 26.8. The Labute approximate surface area is 310 Å². The Balaban J connectivity index is 1.06. The first kappa shape index (κ1) is 29.4. The van der Waals surface area contributed by atoms with Gasteiger partial charge in [-0.05, 0) is 107 Å². The summed E-state index contributed by atoms with van der Waals surface area (Å²) in [5.41, 5.74) is 10.9. The summed E-state index contributed by atoms with van der Waals surface area (Å²) in [6, 6.07) is 65.7. The SMILES string of the molecule is c1ccc(-c2c3ccccc3c(-c3ccc(-c4ccc5oc6c7cc8oc9ccccc9c8cc7ccc6c5c4)c4ccccc34)c3ccccc23)cc1. The first-order valence-corrected chi connectivity index (χ1v) is 18.5. The Bertz CT molecular complexity index is 3430. The number of furan rings is 2. The van der Waals surface area contributed by atoms with Crippen LogP contribution < -0.4 is 0 Å². The second-order valence-electron chi connectivity index (χ2n) is 14.3. The predicted molar refractivity (Wildman–Crippen MR) is 227 cm³/mol. The third-order valence-electron chi connectivity index (χ3n) is 11.4. The van der Waals surface area contributed by atoms with E-state index in [0.717, 1.165) is 60.2 Å². The molecule has 2 aromatic heterocycles. The van der Waals surface area contributed by atoms with Crippen molar-refractivity contribution in [3.8, 4) is 33.4 Å². The number of hydrogen-bond donors (Lipinski definition) is 0. The van der Waals surface area contributed by atoms with Crippen molar-refractivity contribution in [3.05, 3.63) is 182 Å². The lowest BCUT2D eigenvalue weighted by Crippen LogP contribution is -1.92. The van der Waals surface area contributed by atoms with Crippen molar-refractivity contribution in [2.24, 2.45) is 0 Å². The van der Waals surface area contributed by atoms with Gasteiger partial charge in [-0.15, -0.1) is 0 Å². The van der Waals surface area contributed by atoms with Gasteiger partial charge in [0.05, 0.1) is 0 Å². The molecule has 0 aliphatic rings. The maximum atomic E-state index is 6.63. The molecule has 0 spiro atoms. The molecule has 0 amide bonds. The molecule has 12 rings (SSSR count). The van der Waals surface area contributed by atoms with Crippen LogP contribution in [0, 0.1) is 0 Å². The molecule has 250 valence electrons. The van der Waals surface area contributed by atoms with E-state index in [4.69, 9.17) is 8.83 Å². The Morgan fingerprint density at radius 3 is 1.57 bits per heavy atom. The van der Waals surface area contributed by atoms with Crippen LogP contribution >= 0.6 is 0 Å². The van der Waals surface area contributed by atoms with Gasteiger partial charge in [0.25, 0.3) is 0 Å². The van der Waals surface area contributed by atoms with Crippen molar-refractivity contribution in [3.63, 3.8) is 0 Å². The van der Waals surface area contributed by atoms with Crippen molar-refractivity contribution < 1.29 is 8.83 Å². The molecule has 10 aromatic carbocycles. The van der Waals surface area contributed by atoms with Crippen molar-refractivity contribution in [2.45, 2.75) is 0 Å². The molecule has 0 aliphatic carbocycles. The van der Waals surface area contributed by atoms with Crippen molar-refractivity contribution in [1.29, 1.82) is 0 Å². The third-order valence-corrected chi connectivity index (χ3v) is 11.4. The number of benzene rings is 10. The highest BCUT2D eigenvalue weighted by Gasteiger charge is 2.20. The first-order valence-electron chi connectivity index (χ1n) is 18.5. The van der Waals surface area contributed by atoms with Gasteiger partial charge in [-0.3, -0.25) is 0 Å². The van der Waals surface area contributed by atoms with Crippen LogP contribution in [-0.2, 0) is 0 Å². The lowest BCUT2D eigenvalue weighted by molar-refractivity contribution is 0.667. The van der Waals surface area contributed by atoms with Crippen LogP contribution in [0.15, 0.2) is 191 Å². The molecule has 0 N–H and O–H groups in total. The molecule has 0 bridgehead atoms. The van der Waals surface area contributed by atoms with Crippen molar-refractivity contribution in [1.82, 2.24) is 0 Å². The monoisotopic (exact) mass is 686 g/mol. The van der Waals surface area contributed by atoms with E-state index in [1.807, 2.05) is 12.1 Å². The van der Waals surface area contributed by atoms with E-state index in [2.05, 4.69) is 170 Å². The topological polar surface area (TPSA) is 26.3 Å². The number of fused-ring (bicyclic) bond motifs is 11. The lowest BCUT2D eigenvalue weighted by atomic mass is 9.84. The minimum atomic E-state index is 0.874. The van der Waals surface area contributed by atoms with Gasteiger partial charge in [-0.1, -0.05) is 146 Å². The molecule has 0 saturated heterocycles. The zero-order valence-electron chi connectivity index (χ0n) is 29.1. The van der Waals surface area contributed by atoms with Gasteiger partial charge in [0.15, 0.2) is 0 Å². The molecule has 0 atom stereocenters.